The zero-order valence-electron chi connectivity index (χ0n) is 12.6. The molecule has 0 radical (unpaired) electrons. The van der Waals surface area contributed by atoms with Gasteiger partial charge < -0.3 is 15.0 Å². The van der Waals surface area contributed by atoms with Gasteiger partial charge in [0.25, 0.3) is 5.89 Å². The van der Waals surface area contributed by atoms with Crippen LogP contribution in [0.25, 0.3) is 28.0 Å². The molecule has 9 heteroatoms. The van der Waals surface area contributed by atoms with Crippen LogP contribution < -0.4 is 10.5 Å². The summed E-state index contributed by atoms with van der Waals surface area (Å²) in [6.45, 7) is 0. The van der Waals surface area contributed by atoms with Crippen LogP contribution in [0.2, 0.25) is 0 Å². The number of benzene rings is 1. The summed E-state index contributed by atoms with van der Waals surface area (Å²) in [5.74, 6) is 1.80. The molecule has 0 spiro atoms. The van der Waals surface area contributed by atoms with Gasteiger partial charge in [-0.3, -0.25) is 0 Å². The lowest BCUT2D eigenvalue weighted by molar-refractivity contribution is 0.414. The SMILES string of the molecule is COc1ccc(-n2nnc(-c3nc(-c4cccs4)no3)c2N)cc1. The Labute approximate surface area is 140 Å². The fourth-order valence-electron chi connectivity index (χ4n) is 2.18. The number of nitrogens with zero attached hydrogens (tertiary/aromatic N) is 5. The summed E-state index contributed by atoms with van der Waals surface area (Å²) >= 11 is 1.52. The van der Waals surface area contributed by atoms with Crippen molar-refractivity contribution in [1.82, 2.24) is 25.1 Å². The lowest BCUT2D eigenvalue weighted by Crippen LogP contribution is -2.02. The largest absolute Gasteiger partial charge is 0.497 e. The van der Waals surface area contributed by atoms with Crippen LogP contribution in [0.1, 0.15) is 0 Å². The third-order valence-electron chi connectivity index (χ3n) is 3.39. The van der Waals surface area contributed by atoms with Crippen molar-refractivity contribution < 1.29 is 9.26 Å². The van der Waals surface area contributed by atoms with Gasteiger partial charge in [0.1, 0.15) is 5.75 Å². The van der Waals surface area contributed by atoms with Gasteiger partial charge in [-0.25, -0.2) is 0 Å². The Morgan fingerprint density at radius 3 is 2.75 bits per heavy atom. The zero-order valence-corrected chi connectivity index (χ0v) is 13.4. The highest BCUT2D eigenvalue weighted by Crippen LogP contribution is 2.28. The average molecular weight is 340 g/mol. The van der Waals surface area contributed by atoms with Gasteiger partial charge in [-0.1, -0.05) is 16.4 Å². The Kier molecular flexibility index (Phi) is 3.47. The van der Waals surface area contributed by atoms with Crippen LogP contribution in [0.15, 0.2) is 46.3 Å². The van der Waals surface area contributed by atoms with Crippen molar-refractivity contribution in [3.63, 3.8) is 0 Å². The van der Waals surface area contributed by atoms with E-state index >= 15 is 0 Å². The van der Waals surface area contributed by atoms with E-state index in [4.69, 9.17) is 15.0 Å². The van der Waals surface area contributed by atoms with Crippen molar-refractivity contribution in [1.29, 1.82) is 0 Å². The highest BCUT2D eigenvalue weighted by Gasteiger charge is 2.20. The van der Waals surface area contributed by atoms with Crippen molar-refractivity contribution in [3.05, 3.63) is 41.8 Å². The summed E-state index contributed by atoms with van der Waals surface area (Å²) in [6, 6.07) is 11.1. The van der Waals surface area contributed by atoms with Gasteiger partial charge >= 0.3 is 0 Å². The first-order valence-electron chi connectivity index (χ1n) is 7.00. The van der Waals surface area contributed by atoms with E-state index in [2.05, 4.69) is 20.5 Å². The highest BCUT2D eigenvalue weighted by atomic mass is 32.1. The van der Waals surface area contributed by atoms with Crippen LogP contribution in [-0.2, 0) is 0 Å². The molecule has 24 heavy (non-hydrogen) atoms. The third-order valence-corrected chi connectivity index (χ3v) is 4.26. The summed E-state index contributed by atoms with van der Waals surface area (Å²) < 4.78 is 11.9. The molecule has 4 rings (SSSR count). The molecule has 0 unspecified atom stereocenters. The predicted octanol–water partition coefficient (Wildman–Crippen LogP) is 2.64. The molecule has 0 saturated heterocycles. The van der Waals surface area contributed by atoms with E-state index in [1.165, 1.54) is 16.0 Å². The molecule has 0 bridgehead atoms. The molecule has 3 aromatic heterocycles. The number of thiophene rings is 1. The molecule has 8 nitrogen and oxygen atoms in total. The number of hydrogen-bond donors (Lipinski definition) is 1. The van der Waals surface area contributed by atoms with Crippen LogP contribution in [0, 0.1) is 0 Å². The van der Waals surface area contributed by atoms with Crippen LogP contribution >= 0.6 is 11.3 Å². The van der Waals surface area contributed by atoms with Gasteiger partial charge in [-0.15, -0.1) is 16.4 Å². The summed E-state index contributed by atoms with van der Waals surface area (Å²) in [6.07, 6.45) is 0. The second-order valence-corrected chi connectivity index (χ2v) is 5.78. The van der Waals surface area contributed by atoms with E-state index in [0.29, 0.717) is 17.3 Å². The summed E-state index contributed by atoms with van der Waals surface area (Å²) in [4.78, 5) is 5.24. The minimum atomic E-state index is 0.232. The maximum absolute atomic E-state index is 6.15. The lowest BCUT2D eigenvalue weighted by Gasteiger charge is -2.04. The Morgan fingerprint density at radius 2 is 2.04 bits per heavy atom. The molecule has 3 heterocycles. The summed E-state index contributed by atoms with van der Waals surface area (Å²) in [7, 11) is 1.61. The average Bonchev–Trinajstić information content (AvgIpc) is 3.35. The molecule has 0 aliphatic carbocycles. The fraction of sp³-hybridized carbons (Fsp3) is 0.0667. The Balaban J connectivity index is 1.69. The fourth-order valence-corrected chi connectivity index (χ4v) is 2.83. The predicted molar refractivity (Wildman–Crippen MR) is 88.9 cm³/mol. The van der Waals surface area contributed by atoms with E-state index in [9.17, 15) is 0 Å². The van der Waals surface area contributed by atoms with Gasteiger partial charge in [0.15, 0.2) is 11.5 Å². The lowest BCUT2D eigenvalue weighted by atomic mass is 10.3. The Bertz CT molecular complexity index is 958. The molecule has 0 aliphatic heterocycles. The number of rotatable bonds is 4. The second kappa shape index (κ2) is 5.78. The molecular weight excluding hydrogens is 328 g/mol. The minimum absolute atomic E-state index is 0.232. The second-order valence-electron chi connectivity index (χ2n) is 4.83. The van der Waals surface area contributed by atoms with E-state index in [1.54, 1.807) is 7.11 Å². The summed E-state index contributed by atoms with van der Waals surface area (Å²) in [5, 5.41) is 14.0. The standard InChI is InChI=1S/C15H12N6O2S/c1-22-10-6-4-9(5-7-10)21-13(16)12(18-20-21)15-17-14(19-23-15)11-3-2-8-24-11/h2-8H,16H2,1H3. The first-order valence-corrected chi connectivity index (χ1v) is 7.88. The van der Waals surface area contributed by atoms with E-state index in [1.807, 2.05) is 41.8 Å². The Morgan fingerprint density at radius 1 is 1.21 bits per heavy atom. The molecule has 0 saturated carbocycles. The van der Waals surface area contributed by atoms with Gasteiger partial charge in [-0.2, -0.15) is 9.67 Å². The van der Waals surface area contributed by atoms with Gasteiger partial charge in [0, 0.05) is 0 Å². The molecule has 0 amide bonds. The highest BCUT2D eigenvalue weighted by molar-refractivity contribution is 7.13. The first kappa shape index (κ1) is 14.4. The molecule has 4 aromatic rings. The zero-order chi connectivity index (χ0) is 16.5. The van der Waals surface area contributed by atoms with Crippen molar-refractivity contribution in [2.24, 2.45) is 0 Å². The van der Waals surface area contributed by atoms with Crippen molar-refractivity contribution in [3.8, 4) is 33.7 Å². The third kappa shape index (κ3) is 2.40. The van der Waals surface area contributed by atoms with Crippen LogP contribution in [-0.4, -0.2) is 32.2 Å². The van der Waals surface area contributed by atoms with E-state index in [-0.39, 0.29) is 5.89 Å². The maximum atomic E-state index is 6.15. The molecule has 0 atom stereocenters. The monoisotopic (exact) mass is 340 g/mol. The molecule has 0 aliphatic rings. The van der Waals surface area contributed by atoms with Gasteiger partial charge in [-0.05, 0) is 35.7 Å². The smallest absolute Gasteiger partial charge is 0.282 e. The number of aromatic nitrogens is 5. The molecular formula is C15H12N6O2S. The van der Waals surface area contributed by atoms with Crippen LogP contribution in [0.3, 0.4) is 0 Å². The summed E-state index contributed by atoms with van der Waals surface area (Å²) in [5.41, 5.74) is 7.25. The van der Waals surface area contributed by atoms with Crippen LogP contribution in [0.4, 0.5) is 5.82 Å². The molecule has 120 valence electrons. The molecule has 1 aromatic carbocycles. The van der Waals surface area contributed by atoms with Crippen molar-refractivity contribution in [2.75, 3.05) is 12.8 Å². The maximum Gasteiger partial charge on any atom is 0.282 e. The number of nitrogen functional groups attached to an aromatic ring is 1. The number of ether oxygens (including phenoxy) is 1. The van der Waals surface area contributed by atoms with E-state index < -0.39 is 0 Å². The molecule has 0 fully saturated rings. The van der Waals surface area contributed by atoms with Gasteiger partial charge in [0.2, 0.25) is 5.82 Å². The Hall–Kier alpha value is -3.20. The number of anilines is 1. The number of methoxy groups -OCH3 is 1. The van der Waals surface area contributed by atoms with E-state index in [0.717, 1.165) is 16.3 Å². The quantitative estimate of drug-likeness (QED) is 0.609. The minimum Gasteiger partial charge on any atom is -0.497 e. The topological polar surface area (TPSA) is 105 Å². The van der Waals surface area contributed by atoms with Crippen LogP contribution in [0.5, 0.6) is 5.75 Å². The van der Waals surface area contributed by atoms with Gasteiger partial charge in [0.05, 0.1) is 17.7 Å². The van der Waals surface area contributed by atoms with Crippen molar-refractivity contribution >= 4 is 17.2 Å². The number of nitrogens with two attached hydrogens (primary N) is 1. The first-order chi connectivity index (χ1) is 11.8. The molecule has 2 N–H and O–H groups in total. The number of hydrogen-bond acceptors (Lipinski definition) is 8. The van der Waals surface area contributed by atoms with Crippen molar-refractivity contribution in [2.45, 2.75) is 0 Å². The normalized spacial score (nSPS) is 10.9.